The molecule has 0 amide bonds. The van der Waals surface area contributed by atoms with Gasteiger partial charge < -0.3 is 9.32 Å². The van der Waals surface area contributed by atoms with Gasteiger partial charge in [0.1, 0.15) is 11.1 Å². The second-order valence-corrected chi connectivity index (χ2v) is 13.1. The molecule has 10 rings (SSSR count). The Bertz CT molecular complexity index is 2890. The van der Waals surface area contributed by atoms with E-state index in [1.807, 2.05) is 18.3 Å². The quantitative estimate of drug-likeness (QED) is 0.177. The predicted molar refractivity (Wildman–Crippen MR) is 218 cm³/mol. The van der Waals surface area contributed by atoms with Crippen LogP contribution in [0, 0.1) is 0 Å². The molecule has 0 unspecified atom stereocenters. The first-order valence-electron chi connectivity index (χ1n) is 17.6. The molecule has 3 nitrogen and oxygen atoms in total. The van der Waals surface area contributed by atoms with E-state index in [4.69, 9.17) is 9.40 Å². The third-order valence-electron chi connectivity index (χ3n) is 10.1. The summed E-state index contributed by atoms with van der Waals surface area (Å²) in [5.74, 6) is 0. The molecular formula is C49H32N2O. The number of nitrogens with zero attached hydrogens (tertiary/aromatic N) is 2. The Morgan fingerprint density at radius 1 is 0.423 bits per heavy atom. The maximum absolute atomic E-state index is 6.63. The van der Waals surface area contributed by atoms with Crippen LogP contribution in [0.2, 0.25) is 0 Å². The lowest BCUT2D eigenvalue weighted by Gasteiger charge is -2.28. The van der Waals surface area contributed by atoms with Crippen molar-refractivity contribution in [3.05, 3.63) is 194 Å². The summed E-state index contributed by atoms with van der Waals surface area (Å²) >= 11 is 0. The molecule has 2 aromatic heterocycles. The summed E-state index contributed by atoms with van der Waals surface area (Å²) in [6, 6.07) is 67.0. The van der Waals surface area contributed by atoms with Crippen molar-refractivity contribution in [2.75, 3.05) is 4.90 Å². The summed E-state index contributed by atoms with van der Waals surface area (Å²) < 4.78 is 6.63. The van der Waals surface area contributed by atoms with E-state index in [1.165, 1.54) is 38.6 Å². The minimum atomic E-state index is 0.782. The summed E-state index contributed by atoms with van der Waals surface area (Å²) in [5, 5.41) is 5.61. The number of hydrogen-bond acceptors (Lipinski definition) is 3. The Hall–Kier alpha value is -6.97. The number of fused-ring (bicyclic) bond motifs is 6. The van der Waals surface area contributed by atoms with Crippen molar-refractivity contribution in [3.8, 4) is 33.4 Å². The smallest absolute Gasteiger partial charge is 0.153 e. The fraction of sp³-hybridized carbons (Fsp3) is 0. The maximum atomic E-state index is 6.63. The van der Waals surface area contributed by atoms with Crippen molar-refractivity contribution in [2.24, 2.45) is 0 Å². The highest BCUT2D eigenvalue weighted by atomic mass is 16.3. The number of pyridine rings is 1. The van der Waals surface area contributed by atoms with Crippen LogP contribution in [0.3, 0.4) is 0 Å². The van der Waals surface area contributed by atoms with E-state index in [0.29, 0.717) is 0 Å². The van der Waals surface area contributed by atoms with Gasteiger partial charge in [-0.2, -0.15) is 0 Å². The lowest BCUT2D eigenvalue weighted by Crippen LogP contribution is -2.11. The van der Waals surface area contributed by atoms with Crippen LogP contribution in [0.4, 0.5) is 17.1 Å². The molecule has 0 saturated heterocycles. The summed E-state index contributed by atoms with van der Waals surface area (Å²) in [4.78, 5) is 7.07. The van der Waals surface area contributed by atoms with Gasteiger partial charge in [0.2, 0.25) is 0 Å². The topological polar surface area (TPSA) is 29.3 Å². The number of hydrogen-bond donors (Lipinski definition) is 0. The van der Waals surface area contributed by atoms with Gasteiger partial charge in [-0.1, -0.05) is 140 Å². The molecule has 0 radical (unpaired) electrons. The van der Waals surface area contributed by atoms with Gasteiger partial charge in [0.05, 0.1) is 5.69 Å². The summed E-state index contributed by atoms with van der Waals surface area (Å²) in [7, 11) is 0. The monoisotopic (exact) mass is 664 g/mol. The van der Waals surface area contributed by atoms with Gasteiger partial charge >= 0.3 is 0 Å². The van der Waals surface area contributed by atoms with E-state index in [2.05, 4.69) is 181 Å². The molecule has 0 bridgehead atoms. The third-order valence-corrected chi connectivity index (χ3v) is 10.1. The van der Waals surface area contributed by atoms with Gasteiger partial charge in [0, 0.05) is 28.3 Å². The molecule has 10 aromatic rings. The van der Waals surface area contributed by atoms with Gasteiger partial charge in [-0.25, -0.2) is 0 Å². The zero-order chi connectivity index (χ0) is 34.4. The average Bonchev–Trinajstić information content (AvgIpc) is 3.61. The normalized spacial score (nSPS) is 11.5. The van der Waals surface area contributed by atoms with Gasteiger partial charge in [-0.15, -0.1) is 0 Å². The lowest BCUT2D eigenvalue weighted by molar-refractivity contribution is 0.672. The maximum Gasteiger partial charge on any atom is 0.153 e. The van der Waals surface area contributed by atoms with Crippen LogP contribution in [-0.2, 0) is 0 Å². The van der Waals surface area contributed by atoms with E-state index < -0.39 is 0 Å². The SMILES string of the molecule is c1ccc(-c2ccc(N(c3ccc(-c4cccc5ccccc45)c(-c4ccccc4)c3)c3cccc4ccc5c6ncccc6oc5c34)cc2)cc1. The molecule has 0 fully saturated rings. The number of anilines is 3. The van der Waals surface area contributed by atoms with E-state index in [0.717, 1.165) is 55.5 Å². The molecule has 0 spiro atoms. The fourth-order valence-corrected chi connectivity index (χ4v) is 7.68. The lowest BCUT2D eigenvalue weighted by atomic mass is 9.90. The molecule has 52 heavy (non-hydrogen) atoms. The summed E-state index contributed by atoms with van der Waals surface area (Å²) in [6.07, 6.45) is 1.83. The summed E-state index contributed by atoms with van der Waals surface area (Å²) in [6.45, 7) is 0. The first kappa shape index (κ1) is 29.9. The highest BCUT2D eigenvalue weighted by molar-refractivity contribution is 6.18. The van der Waals surface area contributed by atoms with Crippen LogP contribution in [0.1, 0.15) is 0 Å². The Morgan fingerprint density at radius 2 is 1.12 bits per heavy atom. The minimum absolute atomic E-state index is 0.782. The van der Waals surface area contributed by atoms with Crippen LogP contribution < -0.4 is 4.90 Å². The van der Waals surface area contributed by atoms with Crippen LogP contribution in [-0.4, -0.2) is 4.98 Å². The van der Waals surface area contributed by atoms with Crippen molar-refractivity contribution in [3.63, 3.8) is 0 Å². The van der Waals surface area contributed by atoms with Crippen molar-refractivity contribution < 1.29 is 4.42 Å². The van der Waals surface area contributed by atoms with Gasteiger partial charge in [-0.05, 0) is 98.1 Å². The molecule has 0 N–H and O–H groups in total. The molecule has 244 valence electrons. The molecular weight excluding hydrogens is 633 g/mol. The largest absolute Gasteiger partial charge is 0.454 e. The zero-order valence-corrected chi connectivity index (χ0v) is 28.3. The van der Waals surface area contributed by atoms with Crippen molar-refractivity contribution in [1.82, 2.24) is 4.98 Å². The Balaban J connectivity index is 1.24. The number of rotatable bonds is 6. The molecule has 0 aliphatic rings. The highest BCUT2D eigenvalue weighted by Crippen LogP contribution is 2.46. The first-order chi connectivity index (χ1) is 25.8. The molecule has 2 heterocycles. The molecule has 0 aliphatic carbocycles. The molecule has 3 heteroatoms. The van der Waals surface area contributed by atoms with Crippen molar-refractivity contribution in [2.45, 2.75) is 0 Å². The Labute approximate surface area is 301 Å². The fourth-order valence-electron chi connectivity index (χ4n) is 7.68. The standard InChI is InChI=1S/C49H32N2O/c1-3-12-33(13-4-1)34-23-26-38(27-24-34)51(45-21-10-18-37-25-29-43-48-46(22-11-31-50-48)52-49(43)47(37)45)39-28-30-42(44(32-39)36-14-5-2-6-15-36)41-20-9-17-35-16-7-8-19-40(35)41/h1-32H. The predicted octanol–water partition coefficient (Wildman–Crippen LogP) is 13.8. The average molecular weight is 665 g/mol. The van der Waals surface area contributed by atoms with Crippen LogP contribution >= 0.6 is 0 Å². The third kappa shape index (κ3) is 5.02. The van der Waals surface area contributed by atoms with Gasteiger partial charge in [0.15, 0.2) is 5.58 Å². The number of benzene rings is 8. The number of aromatic nitrogens is 1. The van der Waals surface area contributed by atoms with Gasteiger partial charge in [0.25, 0.3) is 0 Å². The van der Waals surface area contributed by atoms with Crippen LogP contribution in [0.25, 0.3) is 77.0 Å². The minimum Gasteiger partial charge on any atom is -0.454 e. The molecule has 0 aliphatic heterocycles. The molecule has 0 atom stereocenters. The first-order valence-corrected chi connectivity index (χ1v) is 17.6. The summed E-state index contributed by atoms with van der Waals surface area (Å²) in [5.41, 5.74) is 12.7. The van der Waals surface area contributed by atoms with E-state index in [9.17, 15) is 0 Å². The van der Waals surface area contributed by atoms with Gasteiger partial charge in [-0.3, -0.25) is 4.98 Å². The van der Waals surface area contributed by atoms with Crippen LogP contribution in [0.5, 0.6) is 0 Å². The number of furan rings is 1. The van der Waals surface area contributed by atoms with Crippen molar-refractivity contribution >= 4 is 60.7 Å². The molecule has 8 aromatic carbocycles. The highest BCUT2D eigenvalue weighted by Gasteiger charge is 2.22. The van der Waals surface area contributed by atoms with Crippen molar-refractivity contribution in [1.29, 1.82) is 0 Å². The second kappa shape index (κ2) is 12.4. The van der Waals surface area contributed by atoms with E-state index in [-0.39, 0.29) is 0 Å². The van der Waals surface area contributed by atoms with Crippen LogP contribution in [0.15, 0.2) is 199 Å². The zero-order valence-electron chi connectivity index (χ0n) is 28.3. The Kier molecular flexibility index (Phi) is 7.14. The van der Waals surface area contributed by atoms with E-state index >= 15 is 0 Å². The molecule has 0 saturated carbocycles. The Morgan fingerprint density at radius 3 is 1.96 bits per heavy atom. The van der Waals surface area contributed by atoms with E-state index in [1.54, 1.807) is 0 Å². The second-order valence-electron chi connectivity index (χ2n) is 13.1.